The lowest BCUT2D eigenvalue weighted by atomic mass is 10.3. The lowest BCUT2D eigenvalue weighted by Gasteiger charge is -2.16. The maximum absolute atomic E-state index is 12.9. The Bertz CT molecular complexity index is 522. The van der Waals surface area contributed by atoms with E-state index in [9.17, 15) is 12.8 Å². The molecular weight excluding hydrogens is 291 g/mol. The van der Waals surface area contributed by atoms with Gasteiger partial charge in [0.2, 0.25) is 10.0 Å². The summed E-state index contributed by atoms with van der Waals surface area (Å²) in [6, 6.07) is 3.53. The highest BCUT2D eigenvalue weighted by molar-refractivity contribution is 7.93. The fourth-order valence-electron chi connectivity index (χ4n) is 1.42. The predicted molar refractivity (Wildman–Crippen MR) is 76.6 cm³/mol. The molecule has 1 unspecified atom stereocenters. The van der Waals surface area contributed by atoms with Crippen LogP contribution in [0.1, 0.15) is 20.3 Å². The quantitative estimate of drug-likeness (QED) is 0.761. The van der Waals surface area contributed by atoms with Crippen molar-refractivity contribution in [3.8, 4) is 0 Å². The van der Waals surface area contributed by atoms with Gasteiger partial charge >= 0.3 is 0 Å². The lowest BCUT2D eigenvalue weighted by molar-refractivity contribution is 0.575. The first kappa shape index (κ1) is 16.2. The van der Waals surface area contributed by atoms with Gasteiger partial charge in [-0.05, 0) is 38.1 Å². The van der Waals surface area contributed by atoms with Gasteiger partial charge in [-0.1, -0.05) is 18.5 Å². The highest BCUT2D eigenvalue weighted by atomic mass is 35.5. The lowest BCUT2D eigenvalue weighted by Crippen LogP contribution is -2.35. The molecule has 0 bridgehead atoms. The predicted octanol–water partition coefficient (Wildman–Crippen LogP) is 2.61. The molecule has 0 radical (unpaired) electrons. The van der Waals surface area contributed by atoms with E-state index in [0.29, 0.717) is 6.54 Å². The summed E-state index contributed by atoms with van der Waals surface area (Å²) in [6.07, 6.45) is 0.935. The van der Waals surface area contributed by atoms with Crippen molar-refractivity contribution in [1.82, 2.24) is 5.32 Å². The molecule has 0 fully saturated rings. The molecule has 0 spiro atoms. The summed E-state index contributed by atoms with van der Waals surface area (Å²) in [5.41, 5.74) is 0.186. The molecule has 1 rings (SSSR count). The summed E-state index contributed by atoms with van der Waals surface area (Å²) >= 11 is 5.78. The Balaban J connectivity index is 2.73. The van der Waals surface area contributed by atoms with Crippen LogP contribution >= 0.6 is 11.6 Å². The van der Waals surface area contributed by atoms with E-state index in [4.69, 9.17) is 11.6 Å². The number of hydrogen-bond donors (Lipinski definition) is 2. The smallest absolute Gasteiger partial charge is 0.236 e. The van der Waals surface area contributed by atoms with Crippen molar-refractivity contribution in [2.24, 2.45) is 0 Å². The fourth-order valence-corrected chi connectivity index (χ4v) is 2.71. The Morgan fingerprint density at radius 3 is 2.68 bits per heavy atom. The third-order valence-corrected chi connectivity index (χ3v) is 4.61. The maximum Gasteiger partial charge on any atom is 0.236 e. The molecular formula is C12H18ClFN2O2S. The van der Waals surface area contributed by atoms with Crippen LogP contribution in [0.15, 0.2) is 18.2 Å². The van der Waals surface area contributed by atoms with Crippen molar-refractivity contribution in [1.29, 1.82) is 0 Å². The first-order valence-corrected chi connectivity index (χ1v) is 7.96. The molecule has 0 aliphatic heterocycles. The van der Waals surface area contributed by atoms with E-state index in [2.05, 4.69) is 10.0 Å². The second-order valence-electron chi connectivity index (χ2n) is 4.29. The van der Waals surface area contributed by atoms with Crippen LogP contribution in [0.2, 0.25) is 5.02 Å². The van der Waals surface area contributed by atoms with Gasteiger partial charge in [0.25, 0.3) is 0 Å². The number of anilines is 1. The molecule has 1 atom stereocenters. The fraction of sp³-hybridized carbons (Fsp3) is 0.500. The van der Waals surface area contributed by atoms with E-state index in [1.165, 1.54) is 6.07 Å². The zero-order valence-electron chi connectivity index (χ0n) is 10.9. The summed E-state index contributed by atoms with van der Waals surface area (Å²) in [7, 11) is -3.55. The van der Waals surface area contributed by atoms with Gasteiger partial charge in [-0.25, -0.2) is 12.8 Å². The molecule has 108 valence electrons. The summed E-state index contributed by atoms with van der Waals surface area (Å²) < 4.78 is 39.3. The summed E-state index contributed by atoms with van der Waals surface area (Å²) in [6.45, 7) is 4.71. The largest absolute Gasteiger partial charge is 0.315 e. The van der Waals surface area contributed by atoms with Gasteiger partial charge in [0.05, 0.1) is 16.0 Å². The van der Waals surface area contributed by atoms with Crippen molar-refractivity contribution in [2.75, 3.05) is 17.8 Å². The van der Waals surface area contributed by atoms with Gasteiger partial charge in [0.15, 0.2) is 0 Å². The number of halogens is 2. The number of rotatable bonds is 7. The molecule has 0 amide bonds. The monoisotopic (exact) mass is 308 g/mol. The molecule has 0 aliphatic carbocycles. The average molecular weight is 309 g/mol. The summed E-state index contributed by atoms with van der Waals surface area (Å²) in [5.74, 6) is -0.509. The average Bonchev–Trinajstić information content (AvgIpc) is 2.33. The Hall–Kier alpha value is -0.850. The minimum atomic E-state index is -3.55. The molecule has 0 heterocycles. The highest BCUT2D eigenvalue weighted by Gasteiger charge is 2.21. The van der Waals surface area contributed by atoms with Gasteiger partial charge in [0.1, 0.15) is 5.82 Å². The van der Waals surface area contributed by atoms with Crippen LogP contribution in [0.5, 0.6) is 0 Å². The number of sulfonamides is 1. The van der Waals surface area contributed by atoms with Crippen LogP contribution in [0.3, 0.4) is 0 Å². The number of nitrogens with one attached hydrogen (secondary N) is 2. The SMILES string of the molecule is CCCNCC(C)S(=O)(=O)Nc1ccc(F)cc1Cl. The van der Waals surface area contributed by atoms with Crippen molar-refractivity contribution >= 4 is 27.3 Å². The minimum Gasteiger partial charge on any atom is -0.315 e. The Labute approximate surface area is 118 Å². The molecule has 19 heavy (non-hydrogen) atoms. The molecule has 1 aromatic rings. The van der Waals surface area contributed by atoms with E-state index in [1.807, 2.05) is 6.92 Å². The van der Waals surface area contributed by atoms with E-state index in [0.717, 1.165) is 25.1 Å². The van der Waals surface area contributed by atoms with Crippen LogP contribution in [-0.2, 0) is 10.0 Å². The van der Waals surface area contributed by atoms with Gasteiger partial charge in [-0.2, -0.15) is 0 Å². The number of hydrogen-bond acceptors (Lipinski definition) is 3. The first-order chi connectivity index (χ1) is 8.86. The van der Waals surface area contributed by atoms with E-state index in [-0.39, 0.29) is 10.7 Å². The van der Waals surface area contributed by atoms with E-state index < -0.39 is 21.1 Å². The van der Waals surface area contributed by atoms with Gasteiger partial charge in [-0.15, -0.1) is 0 Å². The Morgan fingerprint density at radius 1 is 1.42 bits per heavy atom. The van der Waals surface area contributed by atoms with Crippen molar-refractivity contribution in [3.63, 3.8) is 0 Å². The number of benzene rings is 1. The Morgan fingerprint density at radius 2 is 2.11 bits per heavy atom. The van der Waals surface area contributed by atoms with E-state index in [1.54, 1.807) is 6.92 Å². The second-order valence-corrected chi connectivity index (χ2v) is 6.79. The molecule has 2 N–H and O–H groups in total. The highest BCUT2D eigenvalue weighted by Crippen LogP contribution is 2.24. The molecule has 0 saturated carbocycles. The standard InChI is InChI=1S/C12H18ClFN2O2S/c1-3-6-15-8-9(2)19(17,18)16-12-5-4-10(14)7-11(12)13/h4-5,7,9,15-16H,3,6,8H2,1-2H3. The van der Waals surface area contributed by atoms with Crippen LogP contribution in [0.25, 0.3) is 0 Å². The minimum absolute atomic E-state index is 0.0392. The van der Waals surface area contributed by atoms with Gasteiger partial charge < -0.3 is 5.32 Å². The van der Waals surface area contributed by atoms with Crippen LogP contribution in [-0.4, -0.2) is 26.8 Å². The molecule has 7 heteroatoms. The van der Waals surface area contributed by atoms with Crippen molar-refractivity contribution in [3.05, 3.63) is 29.0 Å². The zero-order valence-corrected chi connectivity index (χ0v) is 12.5. The molecule has 0 aliphatic rings. The van der Waals surface area contributed by atoms with Gasteiger partial charge in [0, 0.05) is 6.54 Å². The van der Waals surface area contributed by atoms with Gasteiger partial charge in [-0.3, -0.25) is 4.72 Å². The van der Waals surface area contributed by atoms with Crippen LogP contribution in [0.4, 0.5) is 10.1 Å². The summed E-state index contributed by atoms with van der Waals surface area (Å²) in [4.78, 5) is 0. The third-order valence-electron chi connectivity index (χ3n) is 2.57. The second kappa shape index (κ2) is 7.07. The zero-order chi connectivity index (χ0) is 14.5. The topological polar surface area (TPSA) is 58.2 Å². The van der Waals surface area contributed by atoms with Crippen molar-refractivity contribution < 1.29 is 12.8 Å². The summed E-state index contributed by atoms with van der Waals surface area (Å²) in [5, 5.41) is 2.47. The molecule has 1 aromatic carbocycles. The maximum atomic E-state index is 12.9. The van der Waals surface area contributed by atoms with Crippen LogP contribution in [0, 0.1) is 5.82 Å². The van der Waals surface area contributed by atoms with E-state index >= 15 is 0 Å². The van der Waals surface area contributed by atoms with Crippen LogP contribution < -0.4 is 10.0 Å². The molecule has 4 nitrogen and oxygen atoms in total. The normalized spacial score (nSPS) is 13.3. The Kier molecular flexibility index (Phi) is 6.03. The third kappa shape index (κ3) is 4.97. The first-order valence-electron chi connectivity index (χ1n) is 6.04. The molecule has 0 saturated heterocycles. The van der Waals surface area contributed by atoms with Crippen molar-refractivity contribution in [2.45, 2.75) is 25.5 Å². The molecule has 0 aromatic heterocycles.